The highest BCUT2D eigenvalue weighted by Crippen LogP contribution is 2.50. The molecule has 1 aliphatic carbocycles. The van der Waals surface area contributed by atoms with E-state index in [2.05, 4.69) is 13.0 Å². The number of ether oxygens (including phenoxy) is 1. The second-order valence-electron chi connectivity index (χ2n) is 7.22. The van der Waals surface area contributed by atoms with Gasteiger partial charge in [-0.3, -0.25) is 4.79 Å². The number of likely N-dealkylation sites (tertiary alicyclic amines) is 1. The van der Waals surface area contributed by atoms with Gasteiger partial charge in [-0.05, 0) is 30.7 Å². The van der Waals surface area contributed by atoms with Crippen molar-refractivity contribution in [3.63, 3.8) is 0 Å². The normalized spacial score (nSPS) is 32.5. The number of methoxy groups -OCH3 is 1. The minimum atomic E-state index is -1.01. The molecule has 2 unspecified atom stereocenters. The highest BCUT2D eigenvalue weighted by atomic mass is 16.5. The molecule has 1 amide bonds. The molecule has 0 radical (unpaired) electrons. The van der Waals surface area contributed by atoms with E-state index in [4.69, 9.17) is 4.74 Å². The first-order chi connectivity index (χ1) is 11.6. The van der Waals surface area contributed by atoms with E-state index in [9.17, 15) is 10.1 Å². The number of hydrogen-bond donors (Lipinski definition) is 0. The van der Waals surface area contributed by atoms with Crippen molar-refractivity contribution >= 4 is 5.91 Å². The van der Waals surface area contributed by atoms with Gasteiger partial charge in [0.15, 0.2) is 5.41 Å². The molecule has 3 rings (SSSR count). The lowest BCUT2D eigenvalue weighted by atomic mass is 9.65. The third-order valence-corrected chi connectivity index (χ3v) is 5.79. The molecule has 1 saturated carbocycles. The van der Waals surface area contributed by atoms with Crippen molar-refractivity contribution < 1.29 is 9.53 Å². The van der Waals surface area contributed by atoms with E-state index in [0.29, 0.717) is 19.1 Å². The first kappa shape index (κ1) is 17.0. The van der Waals surface area contributed by atoms with E-state index in [1.54, 1.807) is 7.11 Å². The summed E-state index contributed by atoms with van der Waals surface area (Å²) in [4.78, 5) is 15.4. The number of amides is 1. The summed E-state index contributed by atoms with van der Waals surface area (Å²) in [5.74, 6) is 0.696. The molecule has 2 fully saturated rings. The van der Waals surface area contributed by atoms with Crippen LogP contribution in [0.25, 0.3) is 0 Å². The van der Waals surface area contributed by atoms with Crippen LogP contribution in [0.1, 0.15) is 38.2 Å². The maximum absolute atomic E-state index is 13.4. The van der Waals surface area contributed by atoms with Crippen molar-refractivity contribution in [1.82, 2.24) is 4.90 Å². The third kappa shape index (κ3) is 2.61. The van der Waals surface area contributed by atoms with Crippen LogP contribution >= 0.6 is 0 Å². The van der Waals surface area contributed by atoms with Gasteiger partial charge in [0.25, 0.3) is 0 Å². The summed E-state index contributed by atoms with van der Waals surface area (Å²) in [6, 6.07) is 12.3. The van der Waals surface area contributed by atoms with Gasteiger partial charge in [-0.15, -0.1) is 0 Å². The van der Waals surface area contributed by atoms with Crippen molar-refractivity contribution in [3.8, 4) is 6.07 Å². The number of fused-ring (bicyclic) bond motifs is 1. The molecule has 0 spiro atoms. The quantitative estimate of drug-likeness (QED) is 0.781. The van der Waals surface area contributed by atoms with Gasteiger partial charge in [0, 0.05) is 32.2 Å². The number of benzene rings is 1. The molecule has 4 heteroatoms. The lowest BCUT2D eigenvalue weighted by molar-refractivity contribution is -0.132. The van der Waals surface area contributed by atoms with Crippen molar-refractivity contribution in [2.45, 2.75) is 44.1 Å². The summed E-state index contributed by atoms with van der Waals surface area (Å²) in [6.45, 7) is 3.57. The zero-order chi connectivity index (χ0) is 17.2. The Morgan fingerprint density at radius 3 is 2.75 bits per heavy atom. The molecule has 1 aromatic carbocycles. The van der Waals surface area contributed by atoms with Gasteiger partial charge in [0.1, 0.15) is 0 Å². The van der Waals surface area contributed by atoms with E-state index in [0.717, 1.165) is 31.2 Å². The van der Waals surface area contributed by atoms with E-state index in [1.807, 2.05) is 35.2 Å². The predicted octanol–water partition coefficient (Wildman–Crippen LogP) is 3.13. The Bertz CT molecular complexity index is 624. The van der Waals surface area contributed by atoms with Gasteiger partial charge < -0.3 is 9.64 Å². The molecule has 1 heterocycles. The summed E-state index contributed by atoms with van der Waals surface area (Å²) in [5.41, 5.74) is -0.157. The van der Waals surface area contributed by atoms with Crippen LogP contribution in [0.4, 0.5) is 0 Å². The van der Waals surface area contributed by atoms with Crippen LogP contribution in [0, 0.1) is 23.2 Å². The van der Waals surface area contributed by atoms with Crippen molar-refractivity contribution in [3.05, 3.63) is 35.9 Å². The van der Waals surface area contributed by atoms with Crippen LogP contribution in [0.2, 0.25) is 0 Å². The minimum Gasteiger partial charge on any atom is -0.385 e. The molecule has 0 bridgehead atoms. The molecule has 1 saturated heterocycles. The van der Waals surface area contributed by atoms with Crippen molar-refractivity contribution in [1.29, 1.82) is 5.26 Å². The van der Waals surface area contributed by atoms with Gasteiger partial charge in [0.05, 0.1) is 6.07 Å². The summed E-state index contributed by atoms with van der Waals surface area (Å²) >= 11 is 0. The fraction of sp³-hybridized carbons (Fsp3) is 0.600. The van der Waals surface area contributed by atoms with Crippen LogP contribution in [0.3, 0.4) is 0 Å². The van der Waals surface area contributed by atoms with Gasteiger partial charge in [-0.2, -0.15) is 5.26 Å². The average Bonchev–Trinajstić information content (AvgIpc) is 2.84. The largest absolute Gasteiger partial charge is 0.385 e. The van der Waals surface area contributed by atoms with Crippen LogP contribution in [0.15, 0.2) is 30.3 Å². The molecule has 128 valence electrons. The van der Waals surface area contributed by atoms with Crippen LogP contribution in [-0.2, 0) is 14.9 Å². The Hall–Kier alpha value is -1.86. The van der Waals surface area contributed by atoms with Crippen LogP contribution < -0.4 is 0 Å². The number of carbonyl (C=O) groups excluding carboxylic acids is 1. The van der Waals surface area contributed by atoms with E-state index < -0.39 is 5.41 Å². The maximum Gasteiger partial charge on any atom is 0.248 e. The number of hydrogen-bond acceptors (Lipinski definition) is 3. The molecule has 4 atom stereocenters. The van der Waals surface area contributed by atoms with E-state index in [-0.39, 0.29) is 17.9 Å². The number of nitriles is 1. The molecule has 1 aromatic rings. The molecule has 0 aromatic heterocycles. The smallest absolute Gasteiger partial charge is 0.248 e. The second kappa shape index (κ2) is 6.94. The third-order valence-electron chi connectivity index (χ3n) is 5.79. The lowest BCUT2D eigenvalue weighted by Gasteiger charge is -2.36. The van der Waals surface area contributed by atoms with Gasteiger partial charge in [0.2, 0.25) is 5.91 Å². The van der Waals surface area contributed by atoms with Crippen LogP contribution in [-0.4, -0.2) is 37.1 Å². The zero-order valence-corrected chi connectivity index (χ0v) is 14.6. The first-order valence-corrected chi connectivity index (χ1v) is 8.92. The monoisotopic (exact) mass is 326 g/mol. The average molecular weight is 326 g/mol. The molecule has 2 aliphatic rings. The number of nitrogens with zero attached hydrogens (tertiary/aromatic N) is 2. The Balaban J connectivity index is 1.99. The summed E-state index contributed by atoms with van der Waals surface area (Å²) < 4.78 is 5.15. The second-order valence-corrected chi connectivity index (χ2v) is 7.22. The maximum atomic E-state index is 13.4. The summed E-state index contributed by atoms with van der Waals surface area (Å²) in [5, 5.41) is 10.1. The van der Waals surface area contributed by atoms with Crippen molar-refractivity contribution in [2.24, 2.45) is 11.8 Å². The SMILES string of the molecule is COCCCN1C(=O)C(C#N)(c2ccccc2)[C@H]2CC[C@@H](C)CC21. The Morgan fingerprint density at radius 1 is 1.33 bits per heavy atom. The molecule has 1 aliphatic heterocycles. The predicted molar refractivity (Wildman–Crippen MR) is 92.2 cm³/mol. The highest BCUT2D eigenvalue weighted by Gasteiger charge is 2.61. The summed E-state index contributed by atoms with van der Waals surface area (Å²) in [6.07, 6.45) is 3.85. The zero-order valence-electron chi connectivity index (χ0n) is 14.6. The summed E-state index contributed by atoms with van der Waals surface area (Å²) in [7, 11) is 1.68. The number of rotatable bonds is 5. The van der Waals surface area contributed by atoms with Gasteiger partial charge in [-0.1, -0.05) is 43.7 Å². The van der Waals surface area contributed by atoms with E-state index >= 15 is 0 Å². The lowest BCUT2D eigenvalue weighted by Crippen LogP contribution is -2.40. The molecule has 24 heavy (non-hydrogen) atoms. The molecular formula is C20H26N2O2. The van der Waals surface area contributed by atoms with Crippen LogP contribution in [0.5, 0.6) is 0 Å². The standard InChI is InChI=1S/C20H26N2O2/c1-15-9-10-17-18(13-15)22(11-6-12-24-2)19(23)20(17,14-21)16-7-4-3-5-8-16/h3-5,7-8,15,17-18H,6,9-13H2,1-2H3/t15-,17+,18?,20?/m1/s1. The first-order valence-electron chi connectivity index (χ1n) is 8.92. The Morgan fingerprint density at radius 2 is 2.08 bits per heavy atom. The fourth-order valence-corrected chi connectivity index (χ4v) is 4.62. The number of carbonyl (C=O) groups is 1. The fourth-order valence-electron chi connectivity index (χ4n) is 4.62. The van der Waals surface area contributed by atoms with Gasteiger partial charge >= 0.3 is 0 Å². The molecule has 0 N–H and O–H groups in total. The Kier molecular flexibility index (Phi) is 4.91. The van der Waals surface area contributed by atoms with Crippen molar-refractivity contribution in [2.75, 3.05) is 20.3 Å². The molecule has 4 nitrogen and oxygen atoms in total. The topological polar surface area (TPSA) is 53.3 Å². The van der Waals surface area contributed by atoms with Gasteiger partial charge in [-0.25, -0.2) is 0 Å². The minimum absolute atomic E-state index is 0.00333. The molecular weight excluding hydrogens is 300 g/mol. The van der Waals surface area contributed by atoms with E-state index in [1.165, 1.54) is 0 Å². The highest BCUT2D eigenvalue weighted by molar-refractivity contribution is 5.94. The Labute approximate surface area is 144 Å².